The zero-order valence-corrected chi connectivity index (χ0v) is 11.5. The van der Waals surface area contributed by atoms with Crippen LogP contribution < -0.4 is 5.32 Å². The average molecular weight is 240 g/mol. The molecule has 0 aliphatic carbocycles. The second-order valence-corrected chi connectivity index (χ2v) is 6.05. The normalized spacial score (nSPS) is 35.1. The first-order valence-corrected chi connectivity index (χ1v) is 7.23. The first-order chi connectivity index (χ1) is 8.24. The molecule has 2 aliphatic heterocycles. The second-order valence-electron chi connectivity index (χ2n) is 6.05. The van der Waals surface area contributed by atoms with Crippen molar-refractivity contribution in [2.75, 3.05) is 39.9 Å². The highest BCUT2D eigenvalue weighted by atomic mass is 16.5. The molecule has 1 N–H and O–H groups in total. The van der Waals surface area contributed by atoms with Gasteiger partial charge in [-0.15, -0.1) is 0 Å². The fraction of sp³-hybridized carbons (Fsp3) is 1.00. The third-order valence-corrected chi connectivity index (χ3v) is 4.13. The Hall–Kier alpha value is -0.120. The molecule has 2 rings (SSSR count). The Kier molecular flexibility index (Phi) is 5.26. The molecule has 0 saturated carbocycles. The summed E-state index contributed by atoms with van der Waals surface area (Å²) in [7, 11) is 2.28. The lowest BCUT2D eigenvalue weighted by atomic mass is 9.92. The summed E-state index contributed by atoms with van der Waals surface area (Å²) < 4.78 is 5.55. The van der Waals surface area contributed by atoms with E-state index in [2.05, 4.69) is 24.2 Å². The smallest absolute Gasteiger partial charge is 0.0506 e. The van der Waals surface area contributed by atoms with Crippen LogP contribution >= 0.6 is 0 Å². The Balaban J connectivity index is 1.66. The molecule has 0 aromatic heterocycles. The fourth-order valence-electron chi connectivity index (χ4n) is 3.31. The van der Waals surface area contributed by atoms with E-state index in [4.69, 9.17) is 4.74 Å². The number of rotatable bonds is 4. The summed E-state index contributed by atoms with van der Waals surface area (Å²) in [4.78, 5) is 2.53. The van der Waals surface area contributed by atoms with Crippen molar-refractivity contribution >= 4 is 0 Å². The van der Waals surface area contributed by atoms with Crippen molar-refractivity contribution in [3.63, 3.8) is 0 Å². The predicted molar refractivity (Wildman–Crippen MR) is 71.2 cm³/mol. The van der Waals surface area contributed by atoms with Gasteiger partial charge in [0.15, 0.2) is 0 Å². The van der Waals surface area contributed by atoms with Gasteiger partial charge in [0.2, 0.25) is 0 Å². The lowest BCUT2D eigenvalue weighted by Gasteiger charge is -2.33. The summed E-state index contributed by atoms with van der Waals surface area (Å²) in [6.07, 6.45) is 5.29. The molecule has 17 heavy (non-hydrogen) atoms. The molecular formula is C14H28N2O. The Bertz CT molecular complexity index is 216. The molecule has 0 radical (unpaired) electrons. The van der Waals surface area contributed by atoms with Crippen molar-refractivity contribution in [1.29, 1.82) is 0 Å². The fourth-order valence-corrected chi connectivity index (χ4v) is 3.31. The van der Waals surface area contributed by atoms with E-state index in [9.17, 15) is 0 Å². The SMILES string of the molecule is CC1CC(CN(C)CC2CCCOC2)CCN1. The highest BCUT2D eigenvalue weighted by molar-refractivity contribution is 4.77. The van der Waals surface area contributed by atoms with Gasteiger partial charge in [-0.05, 0) is 58.0 Å². The van der Waals surface area contributed by atoms with Gasteiger partial charge < -0.3 is 15.0 Å². The number of nitrogens with one attached hydrogen (secondary N) is 1. The molecule has 3 heteroatoms. The van der Waals surface area contributed by atoms with Gasteiger partial charge in [0.05, 0.1) is 6.61 Å². The number of piperidine rings is 1. The van der Waals surface area contributed by atoms with Crippen molar-refractivity contribution < 1.29 is 4.74 Å². The van der Waals surface area contributed by atoms with Crippen molar-refractivity contribution in [2.45, 2.75) is 38.6 Å². The van der Waals surface area contributed by atoms with Crippen molar-refractivity contribution in [2.24, 2.45) is 11.8 Å². The van der Waals surface area contributed by atoms with Gasteiger partial charge in [0, 0.05) is 25.7 Å². The van der Waals surface area contributed by atoms with Gasteiger partial charge in [0.25, 0.3) is 0 Å². The first kappa shape index (κ1) is 13.3. The molecule has 2 heterocycles. The molecule has 0 aromatic rings. The van der Waals surface area contributed by atoms with Gasteiger partial charge in [-0.25, -0.2) is 0 Å². The molecule has 0 amide bonds. The molecule has 3 unspecified atom stereocenters. The summed E-state index contributed by atoms with van der Waals surface area (Å²) in [5.74, 6) is 1.66. The number of hydrogen-bond donors (Lipinski definition) is 1. The van der Waals surface area contributed by atoms with E-state index in [-0.39, 0.29) is 0 Å². The summed E-state index contributed by atoms with van der Waals surface area (Å²) in [6, 6.07) is 0.708. The molecule has 2 fully saturated rings. The minimum Gasteiger partial charge on any atom is -0.381 e. The van der Waals surface area contributed by atoms with Crippen molar-refractivity contribution in [1.82, 2.24) is 10.2 Å². The minimum absolute atomic E-state index is 0.708. The molecule has 0 bridgehead atoms. The largest absolute Gasteiger partial charge is 0.381 e. The maximum absolute atomic E-state index is 5.55. The lowest BCUT2D eigenvalue weighted by molar-refractivity contribution is 0.0391. The highest BCUT2D eigenvalue weighted by Gasteiger charge is 2.21. The molecule has 2 saturated heterocycles. The van der Waals surface area contributed by atoms with Crippen molar-refractivity contribution in [3.8, 4) is 0 Å². The first-order valence-electron chi connectivity index (χ1n) is 7.23. The Morgan fingerprint density at radius 3 is 2.76 bits per heavy atom. The van der Waals surface area contributed by atoms with E-state index in [0.29, 0.717) is 6.04 Å². The summed E-state index contributed by atoms with van der Waals surface area (Å²) >= 11 is 0. The summed E-state index contributed by atoms with van der Waals surface area (Å²) in [5.41, 5.74) is 0. The Morgan fingerprint density at radius 1 is 1.24 bits per heavy atom. The van der Waals surface area contributed by atoms with E-state index in [1.807, 2.05) is 0 Å². The Labute approximate surface area is 106 Å². The van der Waals surface area contributed by atoms with Crippen LogP contribution in [0.1, 0.15) is 32.6 Å². The Morgan fingerprint density at radius 2 is 2.06 bits per heavy atom. The monoisotopic (exact) mass is 240 g/mol. The third kappa shape index (κ3) is 4.57. The number of ether oxygens (including phenoxy) is 1. The van der Waals surface area contributed by atoms with E-state index >= 15 is 0 Å². The van der Waals surface area contributed by atoms with Crippen LogP contribution in [-0.4, -0.2) is 50.8 Å². The van der Waals surface area contributed by atoms with Crippen molar-refractivity contribution in [3.05, 3.63) is 0 Å². The van der Waals surface area contributed by atoms with Crippen LogP contribution in [0, 0.1) is 11.8 Å². The van der Waals surface area contributed by atoms with E-state index in [1.165, 1.54) is 45.3 Å². The van der Waals surface area contributed by atoms with E-state index in [0.717, 1.165) is 25.0 Å². The summed E-state index contributed by atoms with van der Waals surface area (Å²) in [5, 5.41) is 3.53. The molecule has 3 atom stereocenters. The summed E-state index contributed by atoms with van der Waals surface area (Å²) in [6.45, 7) is 7.95. The molecular weight excluding hydrogens is 212 g/mol. The van der Waals surface area contributed by atoms with Gasteiger partial charge in [0.1, 0.15) is 0 Å². The molecule has 100 valence electrons. The molecule has 0 spiro atoms. The topological polar surface area (TPSA) is 24.5 Å². The second kappa shape index (κ2) is 6.72. The zero-order valence-electron chi connectivity index (χ0n) is 11.5. The predicted octanol–water partition coefficient (Wildman–Crippen LogP) is 1.73. The molecule has 0 aromatic carbocycles. The van der Waals surface area contributed by atoms with Crippen LogP contribution in [0.25, 0.3) is 0 Å². The van der Waals surface area contributed by atoms with E-state index in [1.54, 1.807) is 0 Å². The van der Waals surface area contributed by atoms with Crippen LogP contribution in [-0.2, 0) is 4.74 Å². The quantitative estimate of drug-likeness (QED) is 0.810. The standard InChI is InChI=1S/C14H28N2O/c1-12-8-13(5-6-15-12)9-16(2)10-14-4-3-7-17-11-14/h12-15H,3-11H2,1-2H3. The highest BCUT2D eigenvalue weighted by Crippen LogP contribution is 2.19. The van der Waals surface area contributed by atoms with Crippen LogP contribution in [0.2, 0.25) is 0 Å². The third-order valence-electron chi connectivity index (χ3n) is 4.13. The maximum atomic E-state index is 5.55. The average Bonchev–Trinajstić information content (AvgIpc) is 2.30. The lowest BCUT2D eigenvalue weighted by Crippen LogP contribution is -2.41. The zero-order chi connectivity index (χ0) is 12.1. The molecule has 3 nitrogen and oxygen atoms in total. The molecule has 2 aliphatic rings. The van der Waals surface area contributed by atoms with Gasteiger partial charge in [-0.3, -0.25) is 0 Å². The van der Waals surface area contributed by atoms with Crippen LogP contribution in [0.5, 0.6) is 0 Å². The maximum Gasteiger partial charge on any atom is 0.0506 e. The van der Waals surface area contributed by atoms with Gasteiger partial charge in [-0.1, -0.05) is 0 Å². The van der Waals surface area contributed by atoms with Gasteiger partial charge >= 0.3 is 0 Å². The van der Waals surface area contributed by atoms with E-state index < -0.39 is 0 Å². The minimum atomic E-state index is 0.708. The van der Waals surface area contributed by atoms with Crippen LogP contribution in [0.4, 0.5) is 0 Å². The number of nitrogens with zero attached hydrogens (tertiary/aromatic N) is 1. The van der Waals surface area contributed by atoms with Gasteiger partial charge in [-0.2, -0.15) is 0 Å². The van der Waals surface area contributed by atoms with Crippen LogP contribution in [0.3, 0.4) is 0 Å². The number of hydrogen-bond acceptors (Lipinski definition) is 3. The van der Waals surface area contributed by atoms with Crippen LogP contribution in [0.15, 0.2) is 0 Å².